The second kappa shape index (κ2) is 5.86. The lowest BCUT2D eigenvalue weighted by molar-refractivity contribution is -0.136. The lowest BCUT2D eigenvalue weighted by Crippen LogP contribution is -2.30. The number of carbonyl (C=O) groups is 2. The van der Waals surface area contributed by atoms with Gasteiger partial charge in [-0.1, -0.05) is 30.3 Å². The Morgan fingerprint density at radius 2 is 1.79 bits per heavy atom. The van der Waals surface area contributed by atoms with Crippen molar-refractivity contribution in [1.82, 2.24) is 5.32 Å². The molecule has 0 aliphatic heterocycles. The lowest BCUT2D eigenvalue weighted by Gasteiger charge is -2.07. The fourth-order valence-corrected chi connectivity index (χ4v) is 1.73. The van der Waals surface area contributed by atoms with Crippen LogP contribution in [0.25, 0.3) is 10.8 Å². The molecule has 2 amide bonds. The van der Waals surface area contributed by atoms with Gasteiger partial charge in [0.25, 0.3) is 0 Å². The monoisotopic (exact) mass is 258 g/mol. The highest BCUT2D eigenvalue weighted by Crippen LogP contribution is 2.18. The van der Waals surface area contributed by atoms with Gasteiger partial charge in [0.05, 0.1) is 6.42 Å². The van der Waals surface area contributed by atoms with E-state index in [0.717, 1.165) is 10.8 Å². The SMILES string of the molecule is O=C(O)CCNC(=O)Nc1ccc2ccccc2c1. The summed E-state index contributed by atoms with van der Waals surface area (Å²) in [7, 11) is 0. The Balaban J connectivity index is 1.97. The number of benzene rings is 2. The van der Waals surface area contributed by atoms with Gasteiger partial charge >= 0.3 is 12.0 Å². The molecule has 3 N–H and O–H groups in total. The van der Waals surface area contributed by atoms with Crippen LogP contribution in [0.3, 0.4) is 0 Å². The number of hydrogen-bond acceptors (Lipinski definition) is 2. The minimum Gasteiger partial charge on any atom is -0.481 e. The van der Waals surface area contributed by atoms with Crippen LogP contribution in [0.2, 0.25) is 0 Å². The van der Waals surface area contributed by atoms with E-state index in [9.17, 15) is 9.59 Å². The molecular weight excluding hydrogens is 244 g/mol. The van der Waals surface area contributed by atoms with E-state index in [1.165, 1.54) is 0 Å². The number of fused-ring (bicyclic) bond motifs is 1. The molecule has 0 saturated carbocycles. The molecule has 98 valence electrons. The number of amides is 2. The zero-order chi connectivity index (χ0) is 13.7. The summed E-state index contributed by atoms with van der Waals surface area (Å²) in [6, 6.07) is 13.0. The van der Waals surface area contributed by atoms with Crippen molar-refractivity contribution in [2.24, 2.45) is 0 Å². The van der Waals surface area contributed by atoms with Gasteiger partial charge in [0.15, 0.2) is 0 Å². The number of nitrogens with one attached hydrogen (secondary N) is 2. The van der Waals surface area contributed by atoms with Gasteiger partial charge < -0.3 is 15.7 Å². The van der Waals surface area contributed by atoms with Crippen LogP contribution in [0.4, 0.5) is 10.5 Å². The predicted octanol–water partition coefficient (Wildman–Crippen LogP) is 2.44. The molecule has 0 heterocycles. The number of carboxylic acids is 1. The number of anilines is 1. The largest absolute Gasteiger partial charge is 0.481 e. The summed E-state index contributed by atoms with van der Waals surface area (Å²) in [5, 5.41) is 15.7. The van der Waals surface area contributed by atoms with Gasteiger partial charge in [-0.25, -0.2) is 4.79 Å². The molecule has 2 aromatic rings. The van der Waals surface area contributed by atoms with Gasteiger partial charge in [-0.15, -0.1) is 0 Å². The molecule has 0 aromatic heterocycles. The number of hydrogen-bond donors (Lipinski definition) is 3. The van der Waals surface area contributed by atoms with Crippen molar-refractivity contribution < 1.29 is 14.7 Å². The third-order valence-corrected chi connectivity index (χ3v) is 2.63. The van der Waals surface area contributed by atoms with Crippen molar-refractivity contribution in [1.29, 1.82) is 0 Å². The van der Waals surface area contributed by atoms with Crippen molar-refractivity contribution in [2.75, 3.05) is 11.9 Å². The van der Waals surface area contributed by atoms with E-state index < -0.39 is 12.0 Å². The molecule has 5 heteroatoms. The van der Waals surface area contributed by atoms with Crippen molar-refractivity contribution in [3.63, 3.8) is 0 Å². The number of carboxylic acid groups (broad SMARTS) is 1. The van der Waals surface area contributed by atoms with Crippen molar-refractivity contribution in [3.8, 4) is 0 Å². The number of carbonyl (C=O) groups excluding carboxylic acids is 1. The molecule has 0 fully saturated rings. The molecule has 0 unspecified atom stereocenters. The molecule has 0 saturated heterocycles. The van der Waals surface area contributed by atoms with Crippen molar-refractivity contribution >= 4 is 28.5 Å². The maximum Gasteiger partial charge on any atom is 0.319 e. The first-order valence-corrected chi connectivity index (χ1v) is 5.90. The van der Waals surface area contributed by atoms with E-state index in [1.807, 2.05) is 36.4 Å². The second-order valence-corrected chi connectivity index (χ2v) is 4.09. The maximum atomic E-state index is 11.5. The Morgan fingerprint density at radius 1 is 1.05 bits per heavy atom. The zero-order valence-electron chi connectivity index (χ0n) is 10.2. The van der Waals surface area contributed by atoms with Gasteiger partial charge in [-0.3, -0.25) is 4.79 Å². The Bertz CT molecular complexity index is 610. The average molecular weight is 258 g/mol. The molecule has 0 atom stereocenters. The van der Waals surface area contributed by atoms with E-state index in [2.05, 4.69) is 10.6 Å². The zero-order valence-corrected chi connectivity index (χ0v) is 10.2. The van der Waals surface area contributed by atoms with Gasteiger partial charge in [-0.2, -0.15) is 0 Å². The number of rotatable bonds is 4. The van der Waals surface area contributed by atoms with Crippen molar-refractivity contribution in [3.05, 3.63) is 42.5 Å². The van der Waals surface area contributed by atoms with Crippen LogP contribution < -0.4 is 10.6 Å². The molecule has 0 aliphatic carbocycles. The smallest absolute Gasteiger partial charge is 0.319 e. The lowest BCUT2D eigenvalue weighted by atomic mass is 10.1. The highest BCUT2D eigenvalue weighted by molar-refractivity contribution is 5.93. The predicted molar refractivity (Wildman–Crippen MR) is 73.2 cm³/mol. The molecule has 2 aromatic carbocycles. The summed E-state index contributed by atoms with van der Waals surface area (Å²) in [6.07, 6.45) is -0.0921. The maximum absolute atomic E-state index is 11.5. The fraction of sp³-hybridized carbons (Fsp3) is 0.143. The van der Waals surface area contributed by atoms with Crippen LogP contribution in [0.1, 0.15) is 6.42 Å². The van der Waals surface area contributed by atoms with E-state index in [4.69, 9.17) is 5.11 Å². The topological polar surface area (TPSA) is 78.4 Å². The molecule has 0 radical (unpaired) electrons. The van der Waals surface area contributed by atoms with Gasteiger partial charge in [0.1, 0.15) is 0 Å². The Hall–Kier alpha value is -2.56. The summed E-state index contributed by atoms with van der Waals surface area (Å²) in [5.41, 5.74) is 0.673. The third kappa shape index (κ3) is 3.70. The molecule has 2 rings (SSSR count). The molecule has 0 aliphatic rings. The highest BCUT2D eigenvalue weighted by atomic mass is 16.4. The van der Waals surface area contributed by atoms with Crippen LogP contribution in [0.15, 0.2) is 42.5 Å². The summed E-state index contributed by atoms with van der Waals surface area (Å²) in [5.74, 6) is -0.939. The first-order valence-electron chi connectivity index (χ1n) is 5.90. The van der Waals surface area contributed by atoms with E-state index in [0.29, 0.717) is 5.69 Å². The Labute approximate surface area is 110 Å². The van der Waals surface area contributed by atoms with Crippen LogP contribution in [-0.4, -0.2) is 23.7 Å². The summed E-state index contributed by atoms with van der Waals surface area (Å²) >= 11 is 0. The van der Waals surface area contributed by atoms with Gasteiger partial charge in [-0.05, 0) is 22.9 Å². The summed E-state index contributed by atoms with van der Waals surface area (Å²) < 4.78 is 0. The average Bonchev–Trinajstić information content (AvgIpc) is 2.38. The Kier molecular flexibility index (Phi) is 3.97. The van der Waals surface area contributed by atoms with Gasteiger partial charge in [0, 0.05) is 12.2 Å². The number of aliphatic carboxylic acids is 1. The first-order chi connectivity index (χ1) is 9.15. The third-order valence-electron chi connectivity index (χ3n) is 2.63. The summed E-state index contributed by atoms with van der Waals surface area (Å²) in [6.45, 7) is 0.106. The van der Waals surface area contributed by atoms with Crippen molar-refractivity contribution in [2.45, 2.75) is 6.42 Å². The molecule has 0 spiro atoms. The minimum absolute atomic E-state index is 0.0921. The standard InChI is InChI=1S/C14H14N2O3/c17-13(18)7-8-15-14(19)16-12-6-5-10-3-1-2-4-11(10)9-12/h1-6,9H,7-8H2,(H,17,18)(H2,15,16,19). The molecular formula is C14H14N2O3. The van der Waals surface area contributed by atoms with Crippen LogP contribution >= 0.6 is 0 Å². The fourth-order valence-electron chi connectivity index (χ4n) is 1.73. The highest BCUT2D eigenvalue weighted by Gasteiger charge is 2.03. The van der Waals surface area contributed by atoms with E-state index in [1.54, 1.807) is 6.07 Å². The van der Waals surface area contributed by atoms with Crippen LogP contribution in [0, 0.1) is 0 Å². The first kappa shape index (κ1) is 12.9. The minimum atomic E-state index is -0.939. The van der Waals surface area contributed by atoms with E-state index in [-0.39, 0.29) is 13.0 Å². The van der Waals surface area contributed by atoms with Crippen LogP contribution in [0.5, 0.6) is 0 Å². The molecule has 0 bridgehead atoms. The summed E-state index contributed by atoms with van der Waals surface area (Å²) in [4.78, 5) is 21.8. The second-order valence-electron chi connectivity index (χ2n) is 4.09. The van der Waals surface area contributed by atoms with Crippen LogP contribution in [-0.2, 0) is 4.79 Å². The normalized spacial score (nSPS) is 10.1. The molecule has 5 nitrogen and oxygen atoms in total. The van der Waals surface area contributed by atoms with E-state index >= 15 is 0 Å². The Morgan fingerprint density at radius 3 is 2.53 bits per heavy atom. The molecule has 19 heavy (non-hydrogen) atoms. The quantitative estimate of drug-likeness (QED) is 0.788. The van der Waals surface area contributed by atoms with Gasteiger partial charge in [0.2, 0.25) is 0 Å². The number of urea groups is 1.